The molecule has 120 valence electrons. The number of rotatable bonds is 7. The Morgan fingerprint density at radius 3 is 2.39 bits per heavy atom. The van der Waals surface area contributed by atoms with E-state index in [4.69, 9.17) is 5.11 Å². The number of carbonyl (C=O) groups excluding carboxylic acids is 1. The number of hydrogen-bond donors (Lipinski definition) is 3. The zero-order chi connectivity index (χ0) is 16.7. The molecule has 0 aliphatic rings. The van der Waals surface area contributed by atoms with Crippen LogP contribution in [0.3, 0.4) is 0 Å². The van der Waals surface area contributed by atoms with Gasteiger partial charge in [-0.15, -0.1) is 0 Å². The molecule has 0 aromatic heterocycles. The van der Waals surface area contributed by atoms with Crippen LogP contribution in [0.15, 0.2) is 48.5 Å². The first-order valence-electron chi connectivity index (χ1n) is 7.55. The van der Waals surface area contributed by atoms with Gasteiger partial charge in [-0.25, -0.2) is 4.79 Å². The number of carboxylic acids is 1. The van der Waals surface area contributed by atoms with E-state index in [1.807, 2.05) is 25.1 Å². The maximum absolute atomic E-state index is 12.2. The second-order valence-corrected chi connectivity index (χ2v) is 5.08. The van der Waals surface area contributed by atoms with E-state index in [2.05, 4.69) is 10.6 Å². The Morgan fingerprint density at radius 1 is 1.04 bits per heavy atom. The topological polar surface area (TPSA) is 78.4 Å². The molecule has 0 atom stereocenters. The van der Waals surface area contributed by atoms with E-state index in [-0.39, 0.29) is 11.5 Å². The molecule has 0 spiro atoms. The van der Waals surface area contributed by atoms with Gasteiger partial charge in [0, 0.05) is 18.8 Å². The SMILES string of the molecule is CCNc1ccccc1C(=O)NCCc1ccc(C(=O)O)cc1. The molecule has 5 nitrogen and oxygen atoms in total. The summed E-state index contributed by atoms with van der Waals surface area (Å²) in [5.74, 6) is -1.06. The molecule has 0 radical (unpaired) electrons. The van der Waals surface area contributed by atoms with Gasteiger partial charge < -0.3 is 15.7 Å². The van der Waals surface area contributed by atoms with Crippen LogP contribution in [0.5, 0.6) is 0 Å². The number of hydrogen-bond acceptors (Lipinski definition) is 3. The largest absolute Gasteiger partial charge is 0.478 e. The van der Waals surface area contributed by atoms with Crippen LogP contribution in [-0.2, 0) is 6.42 Å². The lowest BCUT2D eigenvalue weighted by molar-refractivity contribution is 0.0696. The molecule has 0 fully saturated rings. The molecule has 0 heterocycles. The molecule has 0 aliphatic carbocycles. The second-order valence-electron chi connectivity index (χ2n) is 5.08. The molecule has 3 N–H and O–H groups in total. The highest BCUT2D eigenvalue weighted by atomic mass is 16.4. The Balaban J connectivity index is 1.91. The van der Waals surface area contributed by atoms with Gasteiger partial charge in [-0.3, -0.25) is 4.79 Å². The first-order valence-corrected chi connectivity index (χ1v) is 7.55. The van der Waals surface area contributed by atoms with Crippen molar-refractivity contribution in [3.05, 3.63) is 65.2 Å². The van der Waals surface area contributed by atoms with Gasteiger partial charge >= 0.3 is 5.97 Å². The van der Waals surface area contributed by atoms with Crippen molar-refractivity contribution in [3.63, 3.8) is 0 Å². The summed E-state index contributed by atoms with van der Waals surface area (Å²) in [5, 5.41) is 14.9. The van der Waals surface area contributed by atoms with Crippen LogP contribution in [0, 0.1) is 0 Å². The number of amides is 1. The van der Waals surface area contributed by atoms with Gasteiger partial charge in [0.15, 0.2) is 0 Å². The third kappa shape index (κ3) is 4.57. The molecule has 2 rings (SSSR count). The molecular formula is C18H20N2O3. The Bertz CT molecular complexity index is 681. The maximum Gasteiger partial charge on any atom is 0.335 e. The molecule has 5 heteroatoms. The highest BCUT2D eigenvalue weighted by Gasteiger charge is 2.09. The third-order valence-electron chi connectivity index (χ3n) is 3.44. The molecule has 0 aliphatic heterocycles. The molecule has 0 saturated heterocycles. The molecule has 2 aromatic rings. The summed E-state index contributed by atoms with van der Waals surface area (Å²) in [6, 6.07) is 14.1. The van der Waals surface area contributed by atoms with Gasteiger partial charge in [-0.1, -0.05) is 24.3 Å². The van der Waals surface area contributed by atoms with E-state index >= 15 is 0 Å². The summed E-state index contributed by atoms with van der Waals surface area (Å²) >= 11 is 0. The van der Waals surface area contributed by atoms with Crippen molar-refractivity contribution < 1.29 is 14.7 Å². The lowest BCUT2D eigenvalue weighted by atomic mass is 10.1. The minimum absolute atomic E-state index is 0.122. The van der Waals surface area contributed by atoms with Crippen molar-refractivity contribution >= 4 is 17.6 Å². The zero-order valence-corrected chi connectivity index (χ0v) is 13.0. The van der Waals surface area contributed by atoms with E-state index < -0.39 is 5.97 Å². The average molecular weight is 312 g/mol. The zero-order valence-electron chi connectivity index (χ0n) is 13.0. The van der Waals surface area contributed by atoms with E-state index in [1.54, 1.807) is 30.3 Å². The van der Waals surface area contributed by atoms with Crippen LogP contribution < -0.4 is 10.6 Å². The molecule has 0 unspecified atom stereocenters. The van der Waals surface area contributed by atoms with Gasteiger partial charge in [0.2, 0.25) is 0 Å². The second kappa shape index (κ2) is 7.98. The number of anilines is 1. The van der Waals surface area contributed by atoms with Crippen molar-refractivity contribution in [1.82, 2.24) is 5.32 Å². The molecule has 0 bridgehead atoms. The minimum atomic E-state index is -0.940. The number of nitrogens with one attached hydrogen (secondary N) is 2. The predicted molar refractivity (Wildman–Crippen MR) is 90.0 cm³/mol. The third-order valence-corrected chi connectivity index (χ3v) is 3.44. The van der Waals surface area contributed by atoms with Crippen LogP contribution in [0.2, 0.25) is 0 Å². The highest BCUT2D eigenvalue weighted by molar-refractivity contribution is 5.99. The normalized spacial score (nSPS) is 10.1. The lowest BCUT2D eigenvalue weighted by Gasteiger charge is -2.11. The number of carbonyl (C=O) groups is 2. The summed E-state index contributed by atoms with van der Waals surface area (Å²) in [7, 11) is 0. The number of carboxylic acid groups (broad SMARTS) is 1. The lowest BCUT2D eigenvalue weighted by Crippen LogP contribution is -2.26. The molecule has 0 saturated carbocycles. The number of aromatic carboxylic acids is 1. The monoisotopic (exact) mass is 312 g/mol. The Kier molecular flexibility index (Phi) is 5.74. The van der Waals surface area contributed by atoms with E-state index in [0.717, 1.165) is 17.8 Å². The standard InChI is InChI=1S/C18H20N2O3/c1-2-19-16-6-4-3-5-15(16)17(21)20-12-11-13-7-9-14(10-8-13)18(22)23/h3-10,19H,2,11-12H2,1H3,(H,20,21)(H,22,23). The van der Waals surface area contributed by atoms with Gasteiger partial charge in [-0.2, -0.15) is 0 Å². The van der Waals surface area contributed by atoms with E-state index in [1.165, 1.54) is 0 Å². The summed E-state index contributed by atoms with van der Waals surface area (Å²) in [5.41, 5.74) is 2.68. The Morgan fingerprint density at radius 2 is 1.74 bits per heavy atom. The van der Waals surface area contributed by atoms with E-state index in [9.17, 15) is 9.59 Å². The fourth-order valence-corrected chi connectivity index (χ4v) is 2.26. The van der Waals surface area contributed by atoms with Crippen LogP contribution in [0.1, 0.15) is 33.2 Å². The molecule has 23 heavy (non-hydrogen) atoms. The van der Waals surface area contributed by atoms with Crippen LogP contribution >= 0.6 is 0 Å². The fourth-order valence-electron chi connectivity index (χ4n) is 2.26. The minimum Gasteiger partial charge on any atom is -0.478 e. The van der Waals surface area contributed by atoms with Crippen molar-refractivity contribution in [1.29, 1.82) is 0 Å². The summed E-state index contributed by atoms with van der Waals surface area (Å²) < 4.78 is 0. The summed E-state index contributed by atoms with van der Waals surface area (Å²) in [4.78, 5) is 23.0. The maximum atomic E-state index is 12.2. The first kappa shape index (κ1) is 16.5. The molecule has 2 aromatic carbocycles. The van der Waals surface area contributed by atoms with Gasteiger partial charge in [-0.05, 0) is 43.2 Å². The summed E-state index contributed by atoms with van der Waals surface area (Å²) in [6.45, 7) is 3.22. The molecular weight excluding hydrogens is 292 g/mol. The van der Waals surface area contributed by atoms with E-state index in [0.29, 0.717) is 18.5 Å². The van der Waals surface area contributed by atoms with Crippen molar-refractivity contribution in [2.45, 2.75) is 13.3 Å². The summed E-state index contributed by atoms with van der Waals surface area (Å²) in [6.07, 6.45) is 0.648. The Labute approximate surface area is 135 Å². The Hall–Kier alpha value is -2.82. The van der Waals surface area contributed by atoms with Crippen LogP contribution in [0.4, 0.5) is 5.69 Å². The smallest absolute Gasteiger partial charge is 0.335 e. The van der Waals surface area contributed by atoms with Crippen LogP contribution in [-0.4, -0.2) is 30.1 Å². The van der Waals surface area contributed by atoms with Crippen molar-refractivity contribution in [2.75, 3.05) is 18.4 Å². The molecule has 1 amide bonds. The van der Waals surface area contributed by atoms with Crippen molar-refractivity contribution in [2.24, 2.45) is 0 Å². The highest BCUT2D eigenvalue weighted by Crippen LogP contribution is 2.14. The van der Waals surface area contributed by atoms with Gasteiger partial charge in [0.05, 0.1) is 11.1 Å². The quantitative estimate of drug-likeness (QED) is 0.734. The van der Waals surface area contributed by atoms with Gasteiger partial charge in [0.1, 0.15) is 0 Å². The van der Waals surface area contributed by atoms with Crippen LogP contribution in [0.25, 0.3) is 0 Å². The number of para-hydroxylation sites is 1. The van der Waals surface area contributed by atoms with Gasteiger partial charge in [0.25, 0.3) is 5.91 Å². The predicted octanol–water partition coefficient (Wildman–Crippen LogP) is 2.79. The fraction of sp³-hybridized carbons (Fsp3) is 0.222. The number of benzene rings is 2. The average Bonchev–Trinajstić information content (AvgIpc) is 2.56. The first-order chi connectivity index (χ1) is 11.1. The van der Waals surface area contributed by atoms with Crippen molar-refractivity contribution in [3.8, 4) is 0 Å².